The van der Waals surface area contributed by atoms with Gasteiger partial charge < -0.3 is 42.6 Å². The molecular formula is C32H44N6O8. The highest BCUT2D eigenvalue weighted by Gasteiger charge is 2.32. The molecule has 0 unspecified atom stereocenters. The molecule has 5 amide bonds. The summed E-state index contributed by atoms with van der Waals surface area (Å²) in [6.45, 7) is 4.40. The molecule has 0 heterocycles. The van der Waals surface area contributed by atoms with Crippen LogP contribution in [0.5, 0.6) is 0 Å². The molecule has 0 fully saturated rings. The van der Waals surface area contributed by atoms with Gasteiger partial charge in [0.2, 0.25) is 29.5 Å². The molecule has 0 aromatic heterocycles. The fourth-order valence-corrected chi connectivity index (χ4v) is 4.31. The summed E-state index contributed by atoms with van der Waals surface area (Å²) in [4.78, 5) is 76.7. The number of aliphatic hydroxyl groups excluding tert-OH is 1. The second-order valence-corrected chi connectivity index (χ2v) is 11.3. The van der Waals surface area contributed by atoms with Crippen LogP contribution in [-0.2, 0) is 46.5 Å². The highest BCUT2D eigenvalue weighted by molar-refractivity contribution is 5.97. The lowest BCUT2D eigenvalue weighted by atomic mass is 10.00. The second-order valence-electron chi connectivity index (χ2n) is 11.3. The number of nitrogens with one attached hydrogen (secondary N) is 4. The Morgan fingerprint density at radius 1 is 0.717 bits per heavy atom. The van der Waals surface area contributed by atoms with Crippen molar-refractivity contribution in [1.29, 1.82) is 0 Å². The van der Waals surface area contributed by atoms with Crippen LogP contribution in [0.15, 0.2) is 60.7 Å². The van der Waals surface area contributed by atoms with Gasteiger partial charge in [-0.1, -0.05) is 74.5 Å². The molecule has 0 saturated heterocycles. The Hall–Kier alpha value is -4.82. The summed E-state index contributed by atoms with van der Waals surface area (Å²) in [6.07, 6.45) is -0.401. The Bertz CT molecular complexity index is 1320. The highest BCUT2D eigenvalue weighted by atomic mass is 16.5. The molecule has 14 heteroatoms. The molecule has 46 heavy (non-hydrogen) atoms. The number of rotatable bonds is 18. The topological polar surface area (TPSA) is 232 Å². The third kappa shape index (κ3) is 13.0. The van der Waals surface area contributed by atoms with Gasteiger partial charge in [0.25, 0.3) is 0 Å². The first kappa shape index (κ1) is 37.4. The van der Waals surface area contributed by atoms with E-state index in [0.717, 1.165) is 11.1 Å². The van der Waals surface area contributed by atoms with Crippen LogP contribution in [0.2, 0.25) is 0 Å². The van der Waals surface area contributed by atoms with E-state index in [1.165, 1.54) is 6.92 Å². The molecule has 0 radical (unpaired) electrons. The molecule has 0 aliphatic carbocycles. The van der Waals surface area contributed by atoms with Crippen molar-refractivity contribution in [3.8, 4) is 0 Å². The number of amides is 5. The van der Waals surface area contributed by atoms with E-state index in [0.29, 0.717) is 0 Å². The van der Waals surface area contributed by atoms with Crippen LogP contribution in [0.25, 0.3) is 0 Å². The van der Waals surface area contributed by atoms with E-state index < -0.39 is 78.7 Å². The van der Waals surface area contributed by atoms with Gasteiger partial charge in [-0.25, -0.2) is 4.79 Å². The standard InChI is InChI=1S/C32H44N6O8/c1-19(2)14-24(37-31(44)26(16-27(34)40)36-28(41)23(33)17-39)30(43)38-25(15-21-10-6-4-7-11-21)29(42)35-20(3)32(45)46-18-22-12-8-5-9-13-22/h4-13,19-20,23-26,39H,14-18,33H2,1-3H3,(H2,34,40)(H,35,42)(H,36,41)(H,37,44)(H,38,43)/t20-,23-,24-,25-,26-/m0/s1. The minimum absolute atomic E-state index is 0.0176. The molecule has 0 aliphatic heterocycles. The summed E-state index contributed by atoms with van der Waals surface area (Å²) in [7, 11) is 0. The summed E-state index contributed by atoms with van der Waals surface area (Å²) in [5.74, 6) is -4.85. The summed E-state index contributed by atoms with van der Waals surface area (Å²) < 4.78 is 5.32. The fourth-order valence-electron chi connectivity index (χ4n) is 4.31. The maximum absolute atomic E-state index is 13.6. The van der Waals surface area contributed by atoms with Crippen LogP contribution < -0.4 is 32.7 Å². The van der Waals surface area contributed by atoms with Crippen molar-refractivity contribution in [2.45, 2.75) is 76.8 Å². The van der Waals surface area contributed by atoms with Crippen molar-refractivity contribution in [3.63, 3.8) is 0 Å². The third-order valence-corrected chi connectivity index (χ3v) is 6.76. The van der Waals surface area contributed by atoms with Gasteiger partial charge in [0.15, 0.2) is 0 Å². The van der Waals surface area contributed by atoms with Gasteiger partial charge in [0, 0.05) is 6.42 Å². The minimum atomic E-state index is -1.48. The van der Waals surface area contributed by atoms with Gasteiger partial charge in [0.1, 0.15) is 36.8 Å². The predicted molar refractivity (Wildman–Crippen MR) is 168 cm³/mol. The Morgan fingerprint density at radius 3 is 1.76 bits per heavy atom. The predicted octanol–water partition coefficient (Wildman–Crippen LogP) is -0.827. The van der Waals surface area contributed by atoms with E-state index in [2.05, 4.69) is 21.3 Å². The molecule has 0 saturated carbocycles. The largest absolute Gasteiger partial charge is 0.459 e. The van der Waals surface area contributed by atoms with Crippen molar-refractivity contribution < 1.29 is 38.6 Å². The molecule has 2 aromatic carbocycles. The number of carbonyl (C=O) groups excluding carboxylic acids is 6. The number of hydrogen-bond donors (Lipinski definition) is 7. The third-order valence-electron chi connectivity index (χ3n) is 6.76. The molecule has 5 atom stereocenters. The number of benzene rings is 2. The lowest BCUT2D eigenvalue weighted by molar-refractivity contribution is -0.148. The Labute approximate surface area is 268 Å². The number of nitrogens with two attached hydrogens (primary N) is 2. The van der Waals surface area contributed by atoms with Gasteiger partial charge in [-0.2, -0.15) is 0 Å². The zero-order chi connectivity index (χ0) is 34.2. The van der Waals surface area contributed by atoms with Crippen LogP contribution in [-0.4, -0.2) is 77.4 Å². The van der Waals surface area contributed by atoms with Crippen molar-refractivity contribution >= 4 is 35.5 Å². The van der Waals surface area contributed by atoms with E-state index >= 15 is 0 Å². The van der Waals surface area contributed by atoms with Crippen LogP contribution in [0, 0.1) is 5.92 Å². The first-order valence-electron chi connectivity index (χ1n) is 14.9. The SMILES string of the molecule is CC(C)C[C@H](NC(=O)[C@H](CC(N)=O)NC(=O)[C@@H](N)CO)C(=O)N[C@@H](Cc1ccccc1)C(=O)N[C@@H](C)C(=O)OCc1ccccc1. The average Bonchev–Trinajstić information content (AvgIpc) is 3.02. The van der Waals surface area contributed by atoms with E-state index in [9.17, 15) is 28.8 Å². The molecule has 2 aromatic rings. The molecule has 0 aliphatic rings. The Kier molecular flexibility index (Phi) is 15.3. The first-order chi connectivity index (χ1) is 21.8. The second kappa shape index (κ2) is 18.9. The molecule has 250 valence electrons. The Morgan fingerprint density at radius 2 is 1.22 bits per heavy atom. The van der Waals surface area contributed by atoms with Crippen LogP contribution in [0.4, 0.5) is 0 Å². The summed E-state index contributed by atoms with van der Waals surface area (Å²) in [6, 6.07) is 11.7. The monoisotopic (exact) mass is 640 g/mol. The van der Waals surface area contributed by atoms with Gasteiger partial charge in [-0.05, 0) is 30.4 Å². The van der Waals surface area contributed by atoms with Gasteiger partial charge in [-0.15, -0.1) is 0 Å². The lowest BCUT2D eigenvalue weighted by Crippen LogP contribution is -2.59. The van der Waals surface area contributed by atoms with Gasteiger partial charge in [-0.3, -0.25) is 24.0 Å². The van der Waals surface area contributed by atoms with Crippen LogP contribution in [0.3, 0.4) is 0 Å². The molecule has 14 nitrogen and oxygen atoms in total. The van der Waals surface area contributed by atoms with Crippen molar-refractivity contribution in [1.82, 2.24) is 21.3 Å². The summed E-state index contributed by atoms with van der Waals surface area (Å²) >= 11 is 0. The van der Waals surface area contributed by atoms with Gasteiger partial charge >= 0.3 is 5.97 Å². The molecule has 2 rings (SSSR count). The smallest absolute Gasteiger partial charge is 0.328 e. The quantitative estimate of drug-likeness (QED) is 0.101. The fraction of sp³-hybridized carbons (Fsp3) is 0.438. The normalized spacial score (nSPS) is 14.1. The molecule has 0 spiro atoms. The van der Waals surface area contributed by atoms with Crippen molar-refractivity contribution in [2.24, 2.45) is 17.4 Å². The lowest BCUT2D eigenvalue weighted by Gasteiger charge is -2.27. The zero-order valence-corrected chi connectivity index (χ0v) is 26.2. The first-order valence-corrected chi connectivity index (χ1v) is 14.9. The molecule has 0 bridgehead atoms. The molecule has 9 N–H and O–H groups in total. The van der Waals surface area contributed by atoms with Crippen molar-refractivity contribution in [2.75, 3.05) is 6.61 Å². The Balaban J connectivity index is 2.21. The van der Waals surface area contributed by atoms with Crippen LogP contribution >= 0.6 is 0 Å². The van der Waals surface area contributed by atoms with Crippen molar-refractivity contribution in [3.05, 3.63) is 71.8 Å². The summed E-state index contributed by atoms with van der Waals surface area (Å²) in [5.41, 5.74) is 12.3. The van der Waals surface area contributed by atoms with E-state index in [1.54, 1.807) is 54.6 Å². The molecular weight excluding hydrogens is 596 g/mol. The van der Waals surface area contributed by atoms with Crippen LogP contribution in [0.1, 0.15) is 44.7 Å². The van der Waals surface area contributed by atoms with E-state index in [1.807, 2.05) is 19.9 Å². The number of hydrogen-bond acceptors (Lipinski definition) is 9. The number of ether oxygens (including phenoxy) is 1. The van der Waals surface area contributed by atoms with E-state index in [-0.39, 0.29) is 25.4 Å². The maximum Gasteiger partial charge on any atom is 0.328 e. The highest BCUT2D eigenvalue weighted by Crippen LogP contribution is 2.10. The zero-order valence-electron chi connectivity index (χ0n) is 26.2. The number of esters is 1. The van der Waals surface area contributed by atoms with Gasteiger partial charge in [0.05, 0.1) is 13.0 Å². The number of primary amides is 1. The minimum Gasteiger partial charge on any atom is -0.459 e. The number of carbonyl (C=O) groups is 6. The van der Waals surface area contributed by atoms with E-state index in [4.69, 9.17) is 21.3 Å². The number of aliphatic hydroxyl groups is 1. The maximum atomic E-state index is 13.6. The average molecular weight is 641 g/mol. The summed E-state index contributed by atoms with van der Waals surface area (Å²) in [5, 5.41) is 19.2.